The summed E-state index contributed by atoms with van der Waals surface area (Å²) in [7, 11) is -2.64. The summed E-state index contributed by atoms with van der Waals surface area (Å²) >= 11 is 0. The van der Waals surface area contributed by atoms with Crippen LogP contribution in [0.25, 0.3) is 0 Å². The molecular formula is C17H15F3N8O2S. The van der Waals surface area contributed by atoms with Crippen molar-refractivity contribution in [3.05, 3.63) is 29.1 Å². The van der Waals surface area contributed by atoms with Gasteiger partial charge in [0, 0.05) is 32.2 Å². The maximum absolute atomic E-state index is 12.9. The monoisotopic (exact) mass is 452 g/mol. The van der Waals surface area contributed by atoms with E-state index in [-0.39, 0.29) is 23.1 Å². The lowest BCUT2D eigenvalue weighted by Crippen LogP contribution is -2.31. The van der Waals surface area contributed by atoms with Crippen LogP contribution in [-0.4, -0.2) is 73.3 Å². The number of likely N-dealkylation sites (tertiary alicyclic amines) is 1. The summed E-state index contributed by atoms with van der Waals surface area (Å²) in [6.07, 6.45) is 4.06. The summed E-state index contributed by atoms with van der Waals surface area (Å²) in [5.74, 6) is 1.92. The van der Waals surface area contributed by atoms with Crippen LogP contribution in [0.3, 0.4) is 0 Å². The maximum Gasteiger partial charge on any atom is 0.518 e. The van der Waals surface area contributed by atoms with Gasteiger partial charge in [0.25, 0.3) is 5.96 Å². The quantitative estimate of drug-likeness (QED) is 0.385. The number of guanidine groups is 1. The van der Waals surface area contributed by atoms with Crippen LogP contribution in [0.1, 0.15) is 12.8 Å². The van der Waals surface area contributed by atoms with Crippen molar-refractivity contribution in [2.24, 2.45) is 19.6 Å². The van der Waals surface area contributed by atoms with Gasteiger partial charge in [-0.3, -0.25) is 5.41 Å². The predicted octanol–water partition coefficient (Wildman–Crippen LogP) is 1.58. The van der Waals surface area contributed by atoms with Gasteiger partial charge in [-0.1, -0.05) is 0 Å². The molecule has 0 atom stereocenters. The second kappa shape index (κ2) is 7.93. The van der Waals surface area contributed by atoms with Gasteiger partial charge < -0.3 is 9.80 Å². The normalized spacial score (nSPS) is 23.4. The fraction of sp³-hybridized carbons (Fsp3) is 0.353. The number of halogens is 3. The third-order valence-corrected chi connectivity index (χ3v) is 5.60. The van der Waals surface area contributed by atoms with Gasteiger partial charge in [-0.25, -0.2) is 0 Å². The molecule has 0 aromatic carbocycles. The van der Waals surface area contributed by atoms with Crippen molar-refractivity contribution in [3.8, 4) is 6.07 Å². The van der Waals surface area contributed by atoms with Crippen LogP contribution in [-0.2, 0) is 10.0 Å². The van der Waals surface area contributed by atoms with E-state index in [1.54, 1.807) is 18.0 Å². The Morgan fingerprint density at radius 1 is 1.23 bits per heavy atom. The zero-order valence-electron chi connectivity index (χ0n) is 16.3. The highest BCUT2D eigenvalue weighted by molar-refractivity contribution is 7.91. The molecule has 0 bridgehead atoms. The third kappa shape index (κ3) is 4.18. The third-order valence-electron chi connectivity index (χ3n) is 4.58. The first-order chi connectivity index (χ1) is 14.5. The zero-order chi connectivity index (χ0) is 23.0. The largest absolute Gasteiger partial charge is 0.518 e. The molecule has 1 N–H and O–H groups in total. The Labute approximate surface area is 175 Å². The SMILES string of the molecule is CN1CCCC2=CC(=N\N=C3/N=C(C#N)C(=C=N)N3C)/C(=N/S(=O)(=O)C(F)(F)F)C=C21. The number of nitriles is 1. The molecule has 3 rings (SSSR count). The summed E-state index contributed by atoms with van der Waals surface area (Å²) < 4.78 is 64.8. The Morgan fingerprint density at radius 2 is 1.94 bits per heavy atom. The van der Waals surface area contributed by atoms with E-state index in [0.29, 0.717) is 18.7 Å². The van der Waals surface area contributed by atoms with Crippen molar-refractivity contribution >= 4 is 39.0 Å². The van der Waals surface area contributed by atoms with Crippen LogP contribution in [0.4, 0.5) is 13.2 Å². The lowest BCUT2D eigenvalue weighted by Gasteiger charge is -2.32. The van der Waals surface area contributed by atoms with Gasteiger partial charge >= 0.3 is 15.5 Å². The summed E-state index contributed by atoms with van der Waals surface area (Å²) in [6, 6.07) is 1.77. The van der Waals surface area contributed by atoms with E-state index in [1.165, 1.54) is 24.1 Å². The first-order valence-corrected chi connectivity index (χ1v) is 10.2. The van der Waals surface area contributed by atoms with Crippen molar-refractivity contribution in [2.45, 2.75) is 18.3 Å². The van der Waals surface area contributed by atoms with Gasteiger partial charge in [0.1, 0.15) is 23.2 Å². The first kappa shape index (κ1) is 22.1. The van der Waals surface area contributed by atoms with E-state index < -0.39 is 21.2 Å². The van der Waals surface area contributed by atoms with Gasteiger partial charge in [-0.15, -0.1) is 10.2 Å². The highest BCUT2D eigenvalue weighted by Crippen LogP contribution is 2.30. The zero-order valence-corrected chi connectivity index (χ0v) is 17.1. The molecule has 3 aliphatic rings. The number of piperidine rings is 1. The number of hydrogen-bond acceptors (Lipinski definition) is 7. The van der Waals surface area contributed by atoms with E-state index in [1.807, 2.05) is 5.87 Å². The van der Waals surface area contributed by atoms with Crippen LogP contribution in [0.15, 0.2) is 48.7 Å². The van der Waals surface area contributed by atoms with Crippen molar-refractivity contribution in [2.75, 3.05) is 20.6 Å². The predicted molar refractivity (Wildman–Crippen MR) is 107 cm³/mol. The molecule has 31 heavy (non-hydrogen) atoms. The number of nitrogens with zero attached hydrogens (tertiary/aromatic N) is 7. The van der Waals surface area contributed by atoms with Crippen LogP contribution >= 0.6 is 0 Å². The van der Waals surface area contributed by atoms with Gasteiger partial charge in [-0.05, 0) is 30.6 Å². The number of likely N-dealkylation sites (N-methyl/N-ethyl adjacent to an activating group) is 1. The number of fused-ring (bicyclic) bond motifs is 1. The van der Waals surface area contributed by atoms with Crippen molar-refractivity contribution in [1.82, 2.24) is 9.80 Å². The second-order valence-electron chi connectivity index (χ2n) is 6.61. The summed E-state index contributed by atoms with van der Waals surface area (Å²) in [5.41, 5.74) is -5.11. The fourth-order valence-corrected chi connectivity index (χ4v) is 3.53. The number of nitrogens with one attached hydrogen (secondary N) is 1. The molecule has 14 heteroatoms. The molecule has 0 amide bonds. The summed E-state index contributed by atoms with van der Waals surface area (Å²) in [5, 5.41) is 24.0. The van der Waals surface area contributed by atoms with E-state index in [4.69, 9.17) is 10.7 Å². The molecule has 10 nitrogen and oxygen atoms in total. The molecule has 1 aliphatic carbocycles. The maximum atomic E-state index is 12.9. The Bertz CT molecular complexity index is 1210. The molecule has 2 aliphatic heterocycles. The lowest BCUT2D eigenvalue weighted by atomic mass is 9.93. The van der Waals surface area contributed by atoms with Gasteiger partial charge in [0.05, 0.1) is 0 Å². The fourth-order valence-electron chi connectivity index (χ4n) is 3.02. The second-order valence-corrected chi connectivity index (χ2v) is 8.21. The molecule has 1 fully saturated rings. The molecule has 0 aromatic rings. The van der Waals surface area contributed by atoms with Crippen LogP contribution < -0.4 is 0 Å². The number of sulfonamides is 1. The number of aliphatic imine (C=N–C) groups is 1. The Kier molecular flexibility index (Phi) is 5.66. The molecule has 0 spiro atoms. The van der Waals surface area contributed by atoms with Crippen molar-refractivity contribution in [1.29, 1.82) is 10.7 Å². The molecular weight excluding hydrogens is 437 g/mol. The average molecular weight is 452 g/mol. The van der Waals surface area contributed by atoms with Gasteiger partial charge in [0.2, 0.25) is 0 Å². The molecule has 162 valence electrons. The number of hydrogen-bond donors (Lipinski definition) is 1. The standard InChI is InChI=1S/C17H15F3N8O2S/c1-27-5-3-4-10-6-11(12(7-14(10)27)26-31(29,30)17(18,19)20)24-25-16-23-13(8-21)15(9-22)28(16)2/h6-7,22H,3-5H2,1-2H3/b24-11+,25-16+,26-12+. The number of allylic oxidation sites excluding steroid dienone is 4. The van der Waals surface area contributed by atoms with Crippen molar-refractivity contribution in [3.63, 3.8) is 0 Å². The smallest absolute Gasteiger partial charge is 0.374 e. The highest BCUT2D eigenvalue weighted by atomic mass is 32.2. The minimum atomic E-state index is -5.81. The minimum Gasteiger partial charge on any atom is -0.374 e. The highest BCUT2D eigenvalue weighted by Gasteiger charge is 2.46. The van der Waals surface area contributed by atoms with E-state index in [2.05, 4.69) is 19.6 Å². The van der Waals surface area contributed by atoms with Crippen LogP contribution in [0, 0.1) is 16.7 Å². The molecule has 0 saturated carbocycles. The van der Waals surface area contributed by atoms with Crippen LogP contribution in [0.5, 0.6) is 0 Å². The molecule has 0 aromatic heterocycles. The van der Waals surface area contributed by atoms with E-state index >= 15 is 0 Å². The average Bonchev–Trinajstić information content (AvgIpc) is 3.00. The van der Waals surface area contributed by atoms with Crippen LogP contribution in [0.2, 0.25) is 0 Å². The summed E-state index contributed by atoms with van der Waals surface area (Å²) in [6.45, 7) is 0.645. The van der Waals surface area contributed by atoms with Crippen molar-refractivity contribution < 1.29 is 21.6 Å². The molecule has 0 unspecified atom stereocenters. The lowest BCUT2D eigenvalue weighted by molar-refractivity contribution is -0.0435. The Balaban J connectivity index is 2.13. The van der Waals surface area contributed by atoms with Gasteiger partial charge in [-0.2, -0.15) is 36.2 Å². The number of alkyl halides is 3. The molecule has 2 heterocycles. The molecule has 0 radical (unpaired) electrons. The first-order valence-electron chi connectivity index (χ1n) is 8.72. The minimum absolute atomic E-state index is 0.0353. The summed E-state index contributed by atoms with van der Waals surface area (Å²) in [4.78, 5) is 6.90. The molecule has 1 saturated heterocycles. The number of rotatable bonds is 2. The van der Waals surface area contributed by atoms with Gasteiger partial charge in [0.15, 0.2) is 5.71 Å². The topological polar surface area (TPSA) is 138 Å². The van der Waals surface area contributed by atoms with E-state index in [0.717, 1.165) is 12.0 Å². The Morgan fingerprint density at radius 3 is 2.52 bits per heavy atom. The Hall–Kier alpha value is -3.56. The van der Waals surface area contributed by atoms with E-state index in [9.17, 15) is 21.6 Å².